The van der Waals surface area contributed by atoms with Crippen LogP contribution in [0.4, 0.5) is 8.78 Å². The lowest BCUT2D eigenvalue weighted by atomic mass is 10.0. The minimum absolute atomic E-state index is 0.126. The molecule has 0 heterocycles. The van der Waals surface area contributed by atoms with Crippen molar-refractivity contribution in [3.8, 4) is 16.9 Å². The third-order valence-corrected chi connectivity index (χ3v) is 4.46. The highest BCUT2D eigenvalue weighted by molar-refractivity contribution is 5.92. The molecule has 0 aromatic heterocycles. The molecule has 1 amide bonds. The average Bonchev–Trinajstić information content (AvgIpc) is 2.72. The topological polar surface area (TPSA) is 75.6 Å². The minimum Gasteiger partial charge on any atom is -0.508 e. The first-order valence-corrected chi connectivity index (χ1v) is 9.14. The number of nitrogens with one attached hydrogen (secondary N) is 1. The maximum absolute atomic E-state index is 13.8. The number of ether oxygens (including phenoxy) is 1. The number of halogens is 2. The van der Waals surface area contributed by atoms with Gasteiger partial charge in [0.1, 0.15) is 17.4 Å². The molecule has 3 aromatic rings. The van der Waals surface area contributed by atoms with Crippen molar-refractivity contribution in [3.05, 3.63) is 89.5 Å². The number of esters is 1. The molecule has 0 saturated carbocycles. The van der Waals surface area contributed by atoms with Crippen molar-refractivity contribution in [1.82, 2.24) is 5.32 Å². The molecule has 0 radical (unpaired) electrons. The highest BCUT2D eigenvalue weighted by Crippen LogP contribution is 2.22. The molecule has 0 aliphatic heterocycles. The molecule has 0 saturated heterocycles. The van der Waals surface area contributed by atoms with Gasteiger partial charge in [0.05, 0.1) is 11.6 Å². The summed E-state index contributed by atoms with van der Waals surface area (Å²) in [5, 5.41) is 11.8. The first-order valence-electron chi connectivity index (χ1n) is 9.14. The number of phenolic OH excluding ortho intramolecular Hbond substituents is 1. The minimum atomic E-state index is -0.770. The van der Waals surface area contributed by atoms with Crippen molar-refractivity contribution in [2.45, 2.75) is 13.0 Å². The van der Waals surface area contributed by atoms with Gasteiger partial charge >= 0.3 is 5.97 Å². The summed E-state index contributed by atoms with van der Waals surface area (Å²) in [7, 11) is 0. The molecular formula is C23H19F2NO4. The number of hydrogen-bond donors (Lipinski definition) is 2. The summed E-state index contributed by atoms with van der Waals surface area (Å²) in [6.07, 6.45) is 0. The fourth-order valence-corrected chi connectivity index (χ4v) is 2.88. The number of phenols is 1. The highest BCUT2D eigenvalue weighted by atomic mass is 19.1. The van der Waals surface area contributed by atoms with Gasteiger partial charge in [-0.15, -0.1) is 0 Å². The van der Waals surface area contributed by atoms with E-state index in [-0.39, 0.29) is 16.9 Å². The fourth-order valence-electron chi connectivity index (χ4n) is 2.88. The number of carbonyl (C=O) groups is 2. The number of rotatable bonds is 6. The largest absolute Gasteiger partial charge is 0.508 e. The molecule has 0 bridgehead atoms. The van der Waals surface area contributed by atoms with Crippen LogP contribution >= 0.6 is 0 Å². The van der Waals surface area contributed by atoms with Crippen LogP contribution in [-0.2, 0) is 9.53 Å². The molecular weight excluding hydrogens is 392 g/mol. The van der Waals surface area contributed by atoms with E-state index in [1.165, 1.54) is 13.0 Å². The van der Waals surface area contributed by atoms with Gasteiger partial charge in [-0.1, -0.05) is 30.3 Å². The normalized spacial score (nSPS) is 11.6. The lowest BCUT2D eigenvalue weighted by Gasteiger charge is -2.15. The molecule has 154 valence electrons. The van der Waals surface area contributed by atoms with Crippen LogP contribution in [0.1, 0.15) is 28.9 Å². The number of amides is 1. The number of carbonyl (C=O) groups excluding carboxylic acids is 2. The molecule has 7 heteroatoms. The van der Waals surface area contributed by atoms with Crippen molar-refractivity contribution in [1.29, 1.82) is 0 Å². The van der Waals surface area contributed by atoms with Crippen molar-refractivity contribution >= 4 is 11.9 Å². The van der Waals surface area contributed by atoms with Crippen LogP contribution in [0, 0.1) is 11.6 Å². The SMILES string of the molecule is C[C@@H](NC(=O)COC(=O)c1ccc(-c2ccc(O)cc2)cc1)c1ccc(F)cc1F. The maximum Gasteiger partial charge on any atom is 0.338 e. The van der Waals surface area contributed by atoms with E-state index in [9.17, 15) is 23.5 Å². The van der Waals surface area contributed by atoms with Gasteiger partial charge in [-0.2, -0.15) is 0 Å². The predicted octanol–water partition coefficient (Wildman–Crippen LogP) is 4.37. The monoisotopic (exact) mass is 411 g/mol. The lowest BCUT2D eigenvalue weighted by molar-refractivity contribution is -0.124. The molecule has 0 aliphatic rings. The first kappa shape index (κ1) is 21.0. The zero-order chi connectivity index (χ0) is 21.7. The Kier molecular flexibility index (Phi) is 6.41. The standard InChI is InChI=1S/C23H19F2NO4/c1-14(20-11-8-18(24)12-21(20)25)26-22(28)13-30-23(29)17-4-2-15(3-5-17)16-6-9-19(27)10-7-16/h2-12,14,27H,13H2,1H3,(H,26,28)/t14-/m1/s1. The fraction of sp³-hybridized carbons (Fsp3) is 0.130. The Morgan fingerprint density at radius 1 is 0.967 bits per heavy atom. The van der Waals surface area contributed by atoms with Gasteiger partial charge in [0.15, 0.2) is 6.61 Å². The Hall–Kier alpha value is -3.74. The third-order valence-electron chi connectivity index (χ3n) is 4.46. The average molecular weight is 411 g/mol. The van der Waals surface area contributed by atoms with Crippen molar-refractivity contribution in [2.75, 3.05) is 6.61 Å². The molecule has 0 spiro atoms. The van der Waals surface area contributed by atoms with Gasteiger partial charge in [-0.3, -0.25) is 4.79 Å². The zero-order valence-corrected chi connectivity index (χ0v) is 16.1. The second-order valence-electron chi connectivity index (χ2n) is 6.66. The molecule has 0 aliphatic carbocycles. The Balaban J connectivity index is 1.54. The van der Waals surface area contributed by atoms with E-state index in [0.29, 0.717) is 0 Å². The number of hydrogen-bond acceptors (Lipinski definition) is 4. The first-order chi connectivity index (χ1) is 14.3. The summed E-state index contributed by atoms with van der Waals surface area (Å²) in [5.41, 5.74) is 2.11. The zero-order valence-electron chi connectivity index (χ0n) is 16.1. The number of benzene rings is 3. The number of aromatic hydroxyl groups is 1. The van der Waals surface area contributed by atoms with E-state index in [1.54, 1.807) is 48.5 Å². The predicted molar refractivity (Wildman–Crippen MR) is 107 cm³/mol. The molecule has 30 heavy (non-hydrogen) atoms. The van der Waals surface area contributed by atoms with Crippen LogP contribution in [-0.4, -0.2) is 23.6 Å². The van der Waals surface area contributed by atoms with Crippen LogP contribution in [0.3, 0.4) is 0 Å². The van der Waals surface area contributed by atoms with Gasteiger partial charge < -0.3 is 15.2 Å². The quantitative estimate of drug-likeness (QED) is 0.591. The second-order valence-corrected chi connectivity index (χ2v) is 6.66. The van der Waals surface area contributed by atoms with Gasteiger partial charge in [0.25, 0.3) is 5.91 Å². The molecule has 2 N–H and O–H groups in total. The van der Waals surface area contributed by atoms with E-state index in [2.05, 4.69) is 5.32 Å². The van der Waals surface area contributed by atoms with Crippen LogP contribution in [0.15, 0.2) is 66.7 Å². The molecule has 3 rings (SSSR count). The Bertz CT molecular complexity index is 1050. The summed E-state index contributed by atoms with van der Waals surface area (Å²) < 4.78 is 31.8. The van der Waals surface area contributed by atoms with Crippen molar-refractivity contribution in [2.24, 2.45) is 0 Å². The van der Waals surface area contributed by atoms with Crippen molar-refractivity contribution < 1.29 is 28.2 Å². The van der Waals surface area contributed by atoms with Crippen molar-refractivity contribution in [3.63, 3.8) is 0 Å². The molecule has 0 unspecified atom stereocenters. The van der Waals surface area contributed by atoms with E-state index < -0.39 is 36.2 Å². The van der Waals surface area contributed by atoms with Gasteiger partial charge in [-0.25, -0.2) is 13.6 Å². The van der Waals surface area contributed by atoms with E-state index in [0.717, 1.165) is 23.3 Å². The second kappa shape index (κ2) is 9.17. The maximum atomic E-state index is 13.8. The highest BCUT2D eigenvalue weighted by Gasteiger charge is 2.16. The van der Waals surface area contributed by atoms with Gasteiger partial charge in [-0.05, 0) is 48.4 Å². The van der Waals surface area contributed by atoms with Gasteiger partial charge in [0, 0.05) is 11.6 Å². The Labute approximate surface area is 171 Å². The van der Waals surface area contributed by atoms with E-state index in [1.807, 2.05) is 0 Å². The van der Waals surface area contributed by atoms with Gasteiger partial charge in [0.2, 0.25) is 0 Å². The molecule has 1 atom stereocenters. The van der Waals surface area contributed by atoms with Crippen LogP contribution in [0.5, 0.6) is 5.75 Å². The Morgan fingerprint density at radius 3 is 2.17 bits per heavy atom. The van der Waals surface area contributed by atoms with Crippen LogP contribution < -0.4 is 5.32 Å². The summed E-state index contributed by atoms with van der Waals surface area (Å²) in [6, 6.07) is 15.6. The third kappa shape index (κ3) is 5.20. The van der Waals surface area contributed by atoms with E-state index >= 15 is 0 Å². The Morgan fingerprint density at radius 2 is 1.57 bits per heavy atom. The summed E-state index contributed by atoms with van der Waals surface area (Å²) in [6.45, 7) is 1.00. The molecule has 0 fully saturated rings. The molecule has 5 nitrogen and oxygen atoms in total. The van der Waals surface area contributed by atoms with Crippen LogP contribution in [0.25, 0.3) is 11.1 Å². The summed E-state index contributed by atoms with van der Waals surface area (Å²) >= 11 is 0. The van der Waals surface area contributed by atoms with Crippen LogP contribution in [0.2, 0.25) is 0 Å². The summed E-state index contributed by atoms with van der Waals surface area (Å²) in [4.78, 5) is 24.2. The molecule has 3 aromatic carbocycles. The smallest absolute Gasteiger partial charge is 0.338 e. The lowest BCUT2D eigenvalue weighted by Crippen LogP contribution is -2.31. The summed E-state index contributed by atoms with van der Waals surface area (Å²) in [5.74, 6) is -2.61. The van der Waals surface area contributed by atoms with E-state index in [4.69, 9.17) is 4.74 Å².